The van der Waals surface area contributed by atoms with Gasteiger partial charge in [0.05, 0.1) is 31.5 Å². The lowest BCUT2D eigenvalue weighted by molar-refractivity contribution is -0.0695. The molecule has 0 radical (unpaired) electrons. The third-order valence-corrected chi connectivity index (χ3v) is 4.23. The zero-order valence-electron chi connectivity index (χ0n) is 15.2. The molecule has 5 nitrogen and oxygen atoms in total. The molecule has 1 heterocycles. The summed E-state index contributed by atoms with van der Waals surface area (Å²) in [6.07, 6.45) is -3.58. The molecule has 0 saturated heterocycles. The van der Waals surface area contributed by atoms with E-state index in [1.807, 2.05) is 6.07 Å². The van der Waals surface area contributed by atoms with Gasteiger partial charge in [0.1, 0.15) is 17.3 Å². The van der Waals surface area contributed by atoms with Crippen LogP contribution in [0.3, 0.4) is 0 Å². The lowest BCUT2D eigenvalue weighted by Crippen LogP contribution is -2.43. The van der Waals surface area contributed by atoms with Gasteiger partial charge in [-0.1, -0.05) is 23.7 Å². The van der Waals surface area contributed by atoms with Gasteiger partial charge in [-0.05, 0) is 35.9 Å². The number of ether oxygens (including phenoxy) is 2. The normalized spacial score (nSPS) is 14.0. The molecular formula is C20H15ClF3N3O2. The summed E-state index contributed by atoms with van der Waals surface area (Å²) in [5, 5.41) is 9.30. The van der Waals surface area contributed by atoms with E-state index < -0.39 is 12.0 Å². The van der Waals surface area contributed by atoms with Gasteiger partial charge in [-0.3, -0.25) is 0 Å². The van der Waals surface area contributed by atoms with Crippen LogP contribution in [0, 0.1) is 11.3 Å². The van der Waals surface area contributed by atoms with E-state index in [9.17, 15) is 13.2 Å². The highest BCUT2D eigenvalue weighted by molar-refractivity contribution is 6.30. The highest BCUT2D eigenvalue weighted by atomic mass is 35.5. The first-order valence-corrected chi connectivity index (χ1v) is 8.77. The van der Waals surface area contributed by atoms with Crippen LogP contribution in [0.1, 0.15) is 11.1 Å². The van der Waals surface area contributed by atoms with Crippen molar-refractivity contribution in [3.63, 3.8) is 0 Å². The molecule has 150 valence electrons. The van der Waals surface area contributed by atoms with Crippen molar-refractivity contribution >= 4 is 17.4 Å². The Labute approximate surface area is 170 Å². The van der Waals surface area contributed by atoms with Gasteiger partial charge < -0.3 is 14.4 Å². The number of aliphatic imine (C=N–C) groups is 1. The zero-order chi connectivity index (χ0) is 21.0. The fraction of sp³-hybridized carbons (Fsp3) is 0.200. The minimum Gasteiger partial charge on any atom is -0.497 e. The Morgan fingerprint density at radius 1 is 1.17 bits per heavy atom. The predicted octanol–water partition coefficient (Wildman–Crippen LogP) is 4.92. The van der Waals surface area contributed by atoms with Gasteiger partial charge in [0, 0.05) is 11.6 Å². The number of nitriles is 1. The molecular weight excluding hydrogens is 407 g/mol. The Bertz CT molecular complexity index is 996. The lowest BCUT2D eigenvalue weighted by Gasteiger charge is -2.30. The van der Waals surface area contributed by atoms with Crippen molar-refractivity contribution in [3.05, 3.63) is 70.6 Å². The molecule has 0 spiro atoms. The highest BCUT2D eigenvalue weighted by Crippen LogP contribution is 2.28. The maximum Gasteiger partial charge on any atom is 0.449 e. The maximum atomic E-state index is 13.4. The summed E-state index contributed by atoms with van der Waals surface area (Å²) in [4.78, 5) is 4.64. The number of hydrogen-bond donors (Lipinski definition) is 0. The SMILES string of the molecule is COc1ccc(CN2CC(Oc3cc(Cl)cc(C#N)c3)=CN=C2C(F)(F)F)cc1. The zero-order valence-corrected chi connectivity index (χ0v) is 16.0. The van der Waals surface area contributed by atoms with Crippen LogP contribution >= 0.6 is 11.6 Å². The average Bonchev–Trinajstić information content (AvgIpc) is 2.67. The first kappa shape index (κ1) is 20.6. The molecule has 0 saturated carbocycles. The summed E-state index contributed by atoms with van der Waals surface area (Å²) < 4.78 is 50.9. The highest BCUT2D eigenvalue weighted by Gasteiger charge is 2.41. The van der Waals surface area contributed by atoms with Gasteiger partial charge in [-0.2, -0.15) is 18.4 Å². The van der Waals surface area contributed by atoms with E-state index in [-0.39, 0.29) is 35.2 Å². The van der Waals surface area contributed by atoms with Crippen molar-refractivity contribution in [2.75, 3.05) is 13.7 Å². The van der Waals surface area contributed by atoms with Gasteiger partial charge in [0.25, 0.3) is 0 Å². The van der Waals surface area contributed by atoms with Crippen LogP contribution in [0.15, 0.2) is 59.4 Å². The van der Waals surface area contributed by atoms with Gasteiger partial charge in [-0.25, -0.2) is 4.99 Å². The van der Waals surface area contributed by atoms with Crippen molar-refractivity contribution in [1.82, 2.24) is 4.90 Å². The first-order chi connectivity index (χ1) is 13.8. The Balaban J connectivity index is 1.83. The molecule has 0 atom stereocenters. The molecule has 0 bridgehead atoms. The number of halogens is 4. The topological polar surface area (TPSA) is 57.9 Å². The lowest BCUT2D eigenvalue weighted by atomic mass is 10.2. The van der Waals surface area contributed by atoms with Crippen LogP contribution in [-0.4, -0.2) is 30.6 Å². The molecule has 2 aromatic carbocycles. The van der Waals surface area contributed by atoms with Crippen molar-refractivity contribution in [2.45, 2.75) is 12.7 Å². The van der Waals surface area contributed by atoms with E-state index in [0.29, 0.717) is 11.3 Å². The number of rotatable bonds is 5. The Morgan fingerprint density at radius 3 is 2.52 bits per heavy atom. The quantitative estimate of drug-likeness (QED) is 0.687. The molecule has 0 aliphatic carbocycles. The van der Waals surface area contributed by atoms with Crippen LogP contribution in [0.25, 0.3) is 0 Å². The molecule has 0 unspecified atom stereocenters. The summed E-state index contributed by atoms with van der Waals surface area (Å²) in [6.45, 7) is -0.180. The molecule has 0 N–H and O–H groups in total. The van der Waals surface area contributed by atoms with Gasteiger partial charge in [0.2, 0.25) is 5.84 Å². The Morgan fingerprint density at radius 2 is 1.90 bits per heavy atom. The molecule has 2 aromatic rings. The van der Waals surface area contributed by atoms with Crippen LogP contribution in [0.2, 0.25) is 5.02 Å². The molecule has 1 aliphatic heterocycles. The van der Waals surface area contributed by atoms with Gasteiger partial charge >= 0.3 is 6.18 Å². The van der Waals surface area contributed by atoms with E-state index in [4.69, 9.17) is 26.3 Å². The maximum absolute atomic E-state index is 13.4. The van der Waals surface area contributed by atoms with Gasteiger partial charge in [-0.15, -0.1) is 0 Å². The molecule has 0 aromatic heterocycles. The van der Waals surface area contributed by atoms with Crippen molar-refractivity contribution in [1.29, 1.82) is 5.26 Å². The minimum atomic E-state index is -4.61. The average molecular weight is 422 g/mol. The summed E-state index contributed by atoms with van der Waals surface area (Å²) in [7, 11) is 1.51. The fourth-order valence-corrected chi connectivity index (χ4v) is 2.97. The van der Waals surface area contributed by atoms with E-state index in [0.717, 1.165) is 11.1 Å². The van der Waals surface area contributed by atoms with E-state index >= 15 is 0 Å². The second-order valence-corrected chi connectivity index (χ2v) is 6.58. The molecule has 1 aliphatic rings. The number of methoxy groups -OCH3 is 1. The molecule has 3 rings (SSSR count). The minimum absolute atomic E-state index is 0.0258. The third kappa shape index (κ3) is 5.21. The molecule has 9 heteroatoms. The van der Waals surface area contributed by atoms with E-state index in [2.05, 4.69) is 4.99 Å². The number of benzene rings is 2. The second kappa shape index (κ2) is 8.45. The number of alkyl halides is 3. The van der Waals surface area contributed by atoms with E-state index in [1.54, 1.807) is 24.3 Å². The van der Waals surface area contributed by atoms with Crippen LogP contribution in [-0.2, 0) is 6.54 Å². The van der Waals surface area contributed by atoms with Crippen molar-refractivity contribution < 1.29 is 22.6 Å². The summed E-state index contributed by atoms with van der Waals surface area (Å²) in [5.41, 5.74) is 0.928. The third-order valence-electron chi connectivity index (χ3n) is 4.01. The standard InChI is InChI=1S/C20H15ClF3N3O2/c1-28-16-4-2-13(3-5-16)11-27-12-18(10-26-19(27)20(22,23)24)29-17-7-14(9-25)6-15(21)8-17/h2-8,10H,11-12H2,1H3. The monoisotopic (exact) mass is 421 g/mol. The Hall–Kier alpha value is -3.18. The fourth-order valence-electron chi connectivity index (χ4n) is 2.75. The van der Waals surface area contributed by atoms with Crippen LogP contribution in [0.5, 0.6) is 11.5 Å². The Kier molecular flexibility index (Phi) is 5.99. The van der Waals surface area contributed by atoms with E-state index in [1.165, 1.54) is 25.3 Å². The molecule has 0 amide bonds. The van der Waals surface area contributed by atoms with Crippen LogP contribution < -0.4 is 9.47 Å². The summed E-state index contributed by atoms with van der Waals surface area (Å²) in [6, 6.07) is 13.0. The molecule has 29 heavy (non-hydrogen) atoms. The van der Waals surface area contributed by atoms with Crippen molar-refractivity contribution in [2.24, 2.45) is 4.99 Å². The van der Waals surface area contributed by atoms with Gasteiger partial charge in [0.15, 0.2) is 0 Å². The first-order valence-electron chi connectivity index (χ1n) is 8.39. The molecule has 0 fully saturated rings. The number of amidine groups is 1. The number of nitrogens with zero attached hydrogens (tertiary/aromatic N) is 3. The second-order valence-electron chi connectivity index (χ2n) is 6.14. The largest absolute Gasteiger partial charge is 0.497 e. The smallest absolute Gasteiger partial charge is 0.449 e. The summed E-state index contributed by atoms with van der Waals surface area (Å²) >= 11 is 5.94. The number of hydrogen-bond acceptors (Lipinski definition) is 5. The van der Waals surface area contributed by atoms with Crippen LogP contribution in [0.4, 0.5) is 13.2 Å². The van der Waals surface area contributed by atoms with Crippen molar-refractivity contribution in [3.8, 4) is 17.6 Å². The predicted molar refractivity (Wildman–Crippen MR) is 102 cm³/mol. The summed E-state index contributed by atoms with van der Waals surface area (Å²) in [5.74, 6) is 0.0350.